The zero-order valence-corrected chi connectivity index (χ0v) is 11.4. The van der Waals surface area contributed by atoms with Gasteiger partial charge in [0.15, 0.2) is 0 Å². The summed E-state index contributed by atoms with van der Waals surface area (Å²) in [4.78, 5) is 6.92. The minimum Gasteiger partial charge on any atom is -0.330 e. The highest BCUT2D eigenvalue weighted by molar-refractivity contribution is 5.11. The number of nitrogens with two attached hydrogens (primary N) is 1. The van der Waals surface area contributed by atoms with Crippen LogP contribution in [0.3, 0.4) is 0 Å². The summed E-state index contributed by atoms with van der Waals surface area (Å²) in [6.45, 7) is 6.51. The molecule has 1 saturated carbocycles. The predicted octanol–water partition coefficient (Wildman–Crippen LogP) is 1.95. The van der Waals surface area contributed by atoms with Gasteiger partial charge < -0.3 is 10.3 Å². The van der Waals surface area contributed by atoms with E-state index in [2.05, 4.69) is 28.3 Å². The lowest BCUT2D eigenvalue weighted by molar-refractivity contribution is 0.185. The SMILES string of the molecule is CC1CC(C)N(C(CN)c2cncn2C2CC2)C1. The number of hydrogen-bond acceptors (Lipinski definition) is 3. The maximum absolute atomic E-state index is 6.06. The van der Waals surface area contributed by atoms with E-state index in [0.717, 1.165) is 5.92 Å². The third-order valence-corrected chi connectivity index (χ3v) is 4.43. The second-order valence-electron chi connectivity index (χ2n) is 6.10. The van der Waals surface area contributed by atoms with E-state index in [-0.39, 0.29) is 0 Å². The molecule has 1 aromatic rings. The molecule has 3 rings (SSSR count). The van der Waals surface area contributed by atoms with Crippen LogP contribution < -0.4 is 5.73 Å². The van der Waals surface area contributed by atoms with E-state index in [1.54, 1.807) is 0 Å². The Morgan fingerprint density at radius 2 is 2.22 bits per heavy atom. The van der Waals surface area contributed by atoms with Gasteiger partial charge >= 0.3 is 0 Å². The fraction of sp³-hybridized carbons (Fsp3) is 0.786. The fourth-order valence-electron chi connectivity index (χ4n) is 3.42. The highest BCUT2D eigenvalue weighted by atomic mass is 15.2. The van der Waals surface area contributed by atoms with Gasteiger partial charge in [-0.15, -0.1) is 0 Å². The highest BCUT2D eigenvalue weighted by Gasteiger charge is 2.35. The molecule has 2 N–H and O–H groups in total. The molecule has 2 fully saturated rings. The molecule has 0 radical (unpaired) electrons. The molecule has 0 bridgehead atoms. The third-order valence-electron chi connectivity index (χ3n) is 4.43. The fourth-order valence-corrected chi connectivity index (χ4v) is 3.42. The lowest BCUT2D eigenvalue weighted by atomic mass is 10.1. The van der Waals surface area contributed by atoms with Gasteiger partial charge in [-0.2, -0.15) is 0 Å². The van der Waals surface area contributed by atoms with Gasteiger partial charge in [-0.1, -0.05) is 6.92 Å². The van der Waals surface area contributed by atoms with Gasteiger partial charge in [-0.25, -0.2) is 4.98 Å². The number of nitrogens with zero attached hydrogens (tertiary/aromatic N) is 3. The molecule has 1 aliphatic carbocycles. The van der Waals surface area contributed by atoms with E-state index >= 15 is 0 Å². The standard InChI is InChI=1S/C14H24N4/c1-10-5-11(2)17(8-10)13(6-15)14-7-16-9-18(14)12-3-4-12/h7,9-13H,3-6,8,15H2,1-2H3. The molecule has 2 aliphatic rings. The molecule has 1 aliphatic heterocycles. The van der Waals surface area contributed by atoms with Crippen molar-refractivity contribution in [2.24, 2.45) is 11.7 Å². The van der Waals surface area contributed by atoms with Crippen LogP contribution in [0.25, 0.3) is 0 Å². The lowest BCUT2D eigenvalue weighted by Gasteiger charge is -2.31. The van der Waals surface area contributed by atoms with Crippen molar-refractivity contribution >= 4 is 0 Å². The number of aromatic nitrogens is 2. The van der Waals surface area contributed by atoms with Crippen LogP contribution in [0.1, 0.15) is 50.9 Å². The van der Waals surface area contributed by atoms with E-state index in [0.29, 0.717) is 24.7 Å². The second kappa shape index (κ2) is 4.67. The van der Waals surface area contributed by atoms with Crippen molar-refractivity contribution in [2.45, 2.75) is 51.2 Å². The molecule has 0 spiro atoms. The van der Waals surface area contributed by atoms with Gasteiger partial charge in [-0.05, 0) is 32.1 Å². The van der Waals surface area contributed by atoms with Gasteiger partial charge in [-0.3, -0.25) is 4.90 Å². The molecule has 0 aromatic carbocycles. The predicted molar refractivity (Wildman–Crippen MR) is 72.2 cm³/mol. The number of rotatable bonds is 4. The van der Waals surface area contributed by atoms with E-state index < -0.39 is 0 Å². The molecule has 100 valence electrons. The van der Waals surface area contributed by atoms with Crippen LogP contribution in [-0.2, 0) is 0 Å². The first kappa shape index (κ1) is 12.2. The Labute approximate surface area is 109 Å². The minimum absolute atomic E-state index is 0.341. The van der Waals surface area contributed by atoms with Crippen LogP contribution >= 0.6 is 0 Å². The highest BCUT2D eigenvalue weighted by Crippen LogP contribution is 2.39. The average molecular weight is 248 g/mol. The van der Waals surface area contributed by atoms with E-state index in [1.165, 1.54) is 31.5 Å². The lowest BCUT2D eigenvalue weighted by Crippen LogP contribution is -2.37. The smallest absolute Gasteiger partial charge is 0.0951 e. The van der Waals surface area contributed by atoms with Crippen molar-refractivity contribution in [3.05, 3.63) is 18.2 Å². The summed E-state index contributed by atoms with van der Waals surface area (Å²) >= 11 is 0. The van der Waals surface area contributed by atoms with Gasteiger partial charge in [0.05, 0.1) is 18.1 Å². The molecule has 3 atom stereocenters. The van der Waals surface area contributed by atoms with Crippen molar-refractivity contribution in [1.29, 1.82) is 0 Å². The summed E-state index contributed by atoms with van der Waals surface area (Å²) in [5.41, 5.74) is 7.38. The first-order chi connectivity index (χ1) is 8.70. The molecule has 4 nitrogen and oxygen atoms in total. The molecule has 1 aromatic heterocycles. The normalized spacial score (nSPS) is 30.8. The summed E-state index contributed by atoms with van der Waals surface area (Å²) in [5, 5.41) is 0. The van der Waals surface area contributed by atoms with Gasteiger partial charge in [0.2, 0.25) is 0 Å². The molecule has 1 saturated heterocycles. The van der Waals surface area contributed by atoms with Crippen LogP contribution in [0, 0.1) is 5.92 Å². The van der Waals surface area contributed by atoms with E-state index in [9.17, 15) is 0 Å². The number of hydrogen-bond donors (Lipinski definition) is 1. The summed E-state index contributed by atoms with van der Waals surface area (Å²) in [6, 6.07) is 1.66. The molecular weight excluding hydrogens is 224 g/mol. The Kier molecular flexibility index (Phi) is 3.16. The Morgan fingerprint density at radius 1 is 1.44 bits per heavy atom. The van der Waals surface area contributed by atoms with Crippen LogP contribution in [-0.4, -0.2) is 33.6 Å². The molecule has 18 heavy (non-hydrogen) atoms. The monoisotopic (exact) mass is 248 g/mol. The van der Waals surface area contributed by atoms with Gasteiger partial charge in [0, 0.05) is 31.4 Å². The molecule has 4 heteroatoms. The van der Waals surface area contributed by atoms with Crippen molar-refractivity contribution in [3.8, 4) is 0 Å². The number of likely N-dealkylation sites (tertiary alicyclic amines) is 1. The average Bonchev–Trinajstić information content (AvgIpc) is 2.98. The van der Waals surface area contributed by atoms with E-state index in [4.69, 9.17) is 5.73 Å². The maximum atomic E-state index is 6.06. The first-order valence-electron chi connectivity index (χ1n) is 7.18. The molecule has 0 amide bonds. The quantitative estimate of drug-likeness (QED) is 0.886. The maximum Gasteiger partial charge on any atom is 0.0951 e. The Balaban J connectivity index is 1.85. The van der Waals surface area contributed by atoms with Crippen LogP contribution in [0.2, 0.25) is 0 Å². The van der Waals surface area contributed by atoms with Crippen LogP contribution in [0.15, 0.2) is 12.5 Å². The second-order valence-corrected chi connectivity index (χ2v) is 6.10. The minimum atomic E-state index is 0.341. The Bertz CT molecular complexity index is 410. The van der Waals surface area contributed by atoms with E-state index in [1.807, 2.05) is 12.5 Å². The molecule has 2 heterocycles. The first-order valence-corrected chi connectivity index (χ1v) is 7.18. The third kappa shape index (κ3) is 2.08. The summed E-state index contributed by atoms with van der Waals surface area (Å²) in [6.07, 6.45) is 7.89. The van der Waals surface area contributed by atoms with Crippen molar-refractivity contribution in [1.82, 2.24) is 14.5 Å². The summed E-state index contributed by atoms with van der Waals surface area (Å²) < 4.78 is 2.35. The van der Waals surface area contributed by atoms with Crippen molar-refractivity contribution < 1.29 is 0 Å². The zero-order valence-electron chi connectivity index (χ0n) is 11.4. The van der Waals surface area contributed by atoms with Crippen LogP contribution in [0.5, 0.6) is 0 Å². The Hall–Kier alpha value is -0.870. The molecular formula is C14H24N4. The zero-order chi connectivity index (χ0) is 12.7. The van der Waals surface area contributed by atoms with Crippen molar-refractivity contribution in [3.63, 3.8) is 0 Å². The molecule has 3 unspecified atom stereocenters. The van der Waals surface area contributed by atoms with Crippen LogP contribution in [0.4, 0.5) is 0 Å². The van der Waals surface area contributed by atoms with Gasteiger partial charge in [0.1, 0.15) is 0 Å². The van der Waals surface area contributed by atoms with Crippen molar-refractivity contribution in [2.75, 3.05) is 13.1 Å². The Morgan fingerprint density at radius 3 is 2.78 bits per heavy atom. The topological polar surface area (TPSA) is 47.1 Å². The number of imidazole rings is 1. The van der Waals surface area contributed by atoms with Gasteiger partial charge in [0.25, 0.3) is 0 Å². The largest absolute Gasteiger partial charge is 0.330 e. The summed E-state index contributed by atoms with van der Waals surface area (Å²) in [7, 11) is 0. The summed E-state index contributed by atoms with van der Waals surface area (Å²) in [5.74, 6) is 0.784.